The summed E-state index contributed by atoms with van der Waals surface area (Å²) in [6.07, 6.45) is 0. The molecule has 0 aliphatic heterocycles. The number of hydrogen-bond donors (Lipinski definition) is 3. The molecule has 0 aliphatic carbocycles. The lowest BCUT2D eigenvalue weighted by Gasteiger charge is -2.10. The minimum atomic E-state index is -0.530. The molecule has 0 saturated carbocycles. The number of halogens is 2. The van der Waals surface area contributed by atoms with Crippen LogP contribution in [0.25, 0.3) is 0 Å². The van der Waals surface area contributed by atoms with E-state index in [-0.39, 0.29) is 10.9 Å². The molecule has 0 spiro atoms. The molecule has 1 aromatic rings. The molecule has 4 N–H and O–H groups in total. The molecule has 1 amide bonds. The van der Waals surface area contributed by atoms with E-state index in [9.17, 15) is 9.18 Å². The molecule has 0 aromatic heterocycles. The average molecular weight is 246 g/mol. The average Bonchev–Trinajstić information content (AvgIpc) is 2.19. The lowest BCUT2D eigenvalue weighted by molar-refractivity contribution is -0.118. The van der Waals surface area contributed by atoms with Gasteiger partial charge in [-0.2, -0.15) is 0 Å². The zero-order valence-electron chi connectivity index (χ0n) is 8.81. The zero-order chi connectivity index (χ0) is 12.1. The van der Waals surface area contributed by atoms with Gasteiger partial charge in [-0.1, -0.05) is 11.6 Å². The van der Waals surface area contributed by atoms with Crippen LogP contribution in [0.1, 0.15) is 6.92 Å². The van der Waals surface area contributed by atoms with Gasteiger partial charge in [-0.3, -0.25) is 4.79 Å². The molecule has 0 fully saturated rings. The van der Waals surface area contributed by atoms with Gasteiger partial charge in [0.15, 0.2) is 0 Å². The van der Waals surface area contributed by atoms with Crippen molar-refractivity contribution in [3.8, 4) is 0 Å². The van der Waals surface area contributed by atoms with Gasteiger partial charge in [0.1, 0.15) is 5.82 Å². The number of benzene rings is 1. The van der Waals surface area contributed by atoms with Crippen molar-refractivity contribution in [2.75, 3.05) is 24.1 Å². The molecule has 1 aromatic carbocycles. The Labute approximate surface area is 98.0 Å². The summed E-state index contributed by atoms with van der Waals surface area (Å²) < 4.78 is 13.1. The van der Waals surface area contributed by atoms with Gasteiger partial charge in [0.2, 0.25) is 5.91 Å². The maximum absolute atomic E-state index is 13.1. The van der Waals surface area contributed by atoms with Crippen LogP contribution < -0.4 is 16.4 Å². The lowest BCUT2D eigenvalue weighted by Crippen LogP contribution is -2.26. The third kappa shape index (κ3) is 3.58. The fourth-order valence-corrected chi connectivity index (χ4v) is 1.32. The Morgan fingerprint density at radius 3 is 2.81 bits per heavy atom. The number of hydrogen-bond acceptors (Lipinski definition) is 3. The number of carbonyl (C=O) groups excluding carboxylic acids is 1. The molecule has 16 heavy (non-hydrogen) atoms. The molecule has 6 heteroatoms. The summed E-state index contributed by atoms with van der Waals surface area (Å²) in [7, 11) is 0. The SMILES string of the molecule is CC(=O)NCCNc1cc(F)c(Cl)cc1N. The van der Waals surface area contributed by atoms with Gasteiger partial charge in [0.05, 0.1) is 16.4 Å². The molecule has 0 bridgehead atoms. The zero-order valence-corrected chi connectivity index (χ0v) is 9.57. The predicted molar refractivity (Wildman–Crippen MR) is 63.0 cm³/mol. The standard InChI is InChI=1S/C10H13ClFN3O/c1-6(16)14-2-3-15-10-5-8(12)7(11)4-9(10)13/h4-5,15H,2-3,13H2,1H3,(H,14,16). The Hall–Kier alpha value is -1.49. The van der Waals surface area contributed by atoms with E-state index in [4.69, 9.17) is 17.3 Å². The van der Waals surface area contributed by atoms with Gasteiger partial charge in [-0.05, 0) is 6.07 Å². The van der Waals surface area contributed by atoms with Crippen LogP contribution in [0.5, 0.6) is 0 Å². The van der Waals surface area contributed by atoms with E-state index in [1.54, 1.807) is 0 Å². The minimum absolute atomic E-state index is 0.00934. The molecule has 0 saturated heterocycles. The number of carbonyl (C=O) groups is 1. The van der Waals surface area contributed by atoms with E-state index in [1.165, 1.54) is 19.1 Å². The van der Waals surface area contributed by atoms with Gasteiger partial charge < -0.3 is 16.4 Å². The normalized spacial score (nSPS) is 9.94. The maximum atomic E-state index is 13.1. The topological polar surface area (TPSA) is 67.2 Å². The fraction of sp³-hybridized carbons (Fsp3) is 0.300. The van der Waals surface area contributed by atoms with Crippen LogP contribution in [0.4, 0.5) is 15.8 Å². The monoisotopic (exact) mass is 245 g/mol. The molecule has 0 aliphatic rings. The van der Waals surface area contributed by atoms with Crippen LogP contribution in [0, 0.1) is 5.82 Å². The maximum Gasteiger partial charge on any atom is 0.216 e. The molecular formula is C10H13ClFN3O. The van der Waals surface area contributed by atoms with Crippen molar-refractivity contribution in [2.45, 2.75) is 6.92 Å². The molecular weight excluding hydrogens is 233 g/mol. The predicted octanol–water partition coefficient (Wildman–Crippen LogP) is 1.61. The van der Waals surface area contributed by atoms with Gasteiger partial charge in [-0.15, -0.1) is 0 Å². The Morgan fingerprint density at radius 2 is 2.19 bits per heavy atom. The first-order valence-electron chi connectivity index (χ1n) is 4.73. The van der Waals surface area contributed by atoms with E-state index >= 15 is 0 Å². The Morgan fingerprint density at radius 1 is 1.50 bits per heavy atom. The Kier molecular flexibility index (Phi) is 4.37. The minimum Gasteiger partial charge on any atom is -0.397 e. The van der Waals surface area contributed by atoms with Crippen LogP contribution in [0.3, 0.4) is 0 Å². The van der Waals surface area contributed by atoms with Gasteiger partial charge in [-0.25, -0.2) is 4.39 Å². The molecule has 0 radical (unpaired) electrons. The summed E-state index contributed by atoms with van der Waals surface area (Å²) in [5, 5.41) is 5.49. The number of rotatable bonds is 4. The van der Waals surface area contributed by atoms with Crippen LogP contribution in [-0.4, -0.2) is 19.0 Å². The van der Waals surface area contributed by atoms with E-state index in [0.717, 1.165) is 0 Å². The van der Waals surface area contributed by atoms with Crippen molar-refractivity contribution in [3.05, 3.63) is 23.0 Å². The molecule has 88 valence electrons. The highest BCUT2D eigenvalue weighted by Crippen LogP contribution is 2.25. The highest BCUT2D eigenvalue weighted by molar-refractivity contribution is 6.31. The Bertz CT molecular complexity index is 398. The number of nitrogens with two attached hydrogens (primary N) is 1. The number of anilines is 2. The summed E-state index contributed by atoms with van der Waals surface area (Å²) in [5.74, 6) is -0.644. The first-order valence-corrected chi connectivity index (χ1v) is 5.11. The van der Waals surface area contributed by atoms with E-state index in [0.29, 0.717) is 24.5 Å². The van der Waals surface area contributed by atoms with Crippen molar-refractivity contribution in [3.63, 3.8) is 0 Å². The van der Waals surface area contributed by atoms with E-state index < -0.39 is 5.82 Å². The second kappa shape index (κ2) is 5.55. The summed E-state index contributed by atoms with van der Waals surface area (Å²) in [4.78, 5) is 10.6. The van der Waals surface area contributed by atoms with Gasteiger partial charge in [0.25, 0.3) is 0 Å². The number of amides is 1. The molecule has 1 rings (SSSR count). The third-order valence-corrected chi connectivity index (χ3v) is 2.20. The fourth-order valence-electron chi connectivity index (χ4n) is 1.15. The largest absolute Gasteiger partial charge is 0.397 e. The van der Waals surface area contributed by atoms with Crippen LogP contribution in [-0.2, 0) is 4.79 Å². The first kappa shape index (κ1) is 12.6. The quantitative estimate of drug-likeness (QED) is 0.558. The van der Waals surface area contributed by atoms with Crippen molar-refractivity contribution in [1.29, 1.82) is 0 Å². The van der Waals surface area contributed by atoms with Crippen LogP contribution in [0.15, 0.2) is 12.1 Å². The summed E-state index contributed by atoms with van der Waals surface area (Å²) in [5.41, 5.74) is 6.47. The van der Waals surface area contributed by atoms with Gasteiger partial charge >= 0.3 is 0 Å². The summed E-state index contributed by atoms with van der Waals surface area (Å²) in [6.45, 7) is 2.33. The van der Waals surface area contributed by atoms with Gasteiger partial charge in [0, 0.05) is 26.1 Å². The summed E-state index contributed by atoms with van der Waals surface area (Å²) >= 11 is 5.55. The van der Waals surface area contributed by atoms with Crippen LogP contribution >= 0.6 is 11.6 Å². The number of nitrogen functional groups attached to an aromatic ring is 1. The summed E-state index contributed by atoms with van der Waals surface area (Å²) in [6, 6.07) is 2.57. The molecule has 0 heterocycles. The molecule has 4 nitrogen and oxygen atoms in total. The lowest BCUT2D eigenvalue weighted by atomic mass is 10.2. The second-order valence-corrected chi connectivity index (χ2v) is 3.67. The van der Waals surface area contributed by atoms with Crippen molar-refractivity contribution in [2.24, 2.45) is 0 Å². The van der Waals surface area contributed by atoms with Crippen molar-refractivity contribution >= 4 is 28.9 Å². The van der Waals surface area contributed by atoms with Crippen molar-refractivity contribution < 1.29 is 9.18 Å². The third-order valence-electron chi connectivity index (χ3n) is 1.91. The molecule has 0 atom stereocenters. The highest BCUT2D eigenvalue weighted by atomic mass is 35.5. The highest BCUT2D eigenvalue weighted by Gasteiger charge is 2.05. The van der Waals surface area contributed by atoms with E-state index in [2.05, 4.69) is 10.6 Å². The second-order valence-electron chi connectivity index (χ2n) is 3.26. The molecule has 0 unspecified atom stereocenters. The first-order chi connectivity index (χ1) is 7.50. The smallest absolute Gasteiger partial charge is 0.216 e. The van der Waals surface area contributed by atoms with E-state index in [1.807, 2.05) is 0 Å². The van der Waals surface area contributed by atoms with Crippen molar-refractivity contribution in [1.82, 2.24) is 5.32 Å². The Balaban J connectivity index is 2.54. The number of nitrogens with one attached hydrogen (secondary N) is 2. The van der Waals surface area contributed by atoms with Crippen LogP contribution in [0.2, 0.25) is 5.02 Å².